The highest BCUT2D eigenvalue weighted by atomic mass is 35.5. The minimum atomic E-state index is -1.57. The molecule has 0 amide bonds. The molecule has 3 aliphatic heterocycles. The van der Waals surface area contributed by atoms with Gasteiger partial charge in [-0.2, -0.15) is 0 Å². The molecule has 3 N–H and O–H groups in total. The number of esters is 2. The van der Waals surface area contributed by atoms with Crippen molar-refractivity contribution >= 4 is 29.2 Å². The molecule has 11 nitrogen and oxygen atoms in total. The van der Waals surface area contributed by atoms with Gasteiger partial charge in [0.05, 0.1) is 10.7 Å². The fraction of sp³-hybridized carbons (Fsp3) is 0.600. The smallest absolute Gasteiger partial charge is 0.323 e. The molecule has 7 rings (SSSR count). The molecule has 1 saturated carbocycles. The molecule has 2 aromatic rings. The van der Waals surface area contributed by atoms with Crippen LogP contribution in [0.3, 0.4) is 0 Å². The van der Waals surface area contributed by atoms with E-state index in [-0.39, 0.29) is 35.9 Å². The predicted molar refractivity (Wildman–Crippen MR) is 197 cm³/mol. The number of nitrogens with one attached hydrogen (secondary N) is 1. The summed E-state index contributed by atoms with van der Waals surface area (Å²) in [6.07, 6.45) is 0.510. The van der Waals surface area contributed by atoms with Gasteiger partial charge < -0.3 is 24.6 Å². The number of carbonyl (C=O) groups is 2. The van der Waals surface area contributed by atoms with Crippen molar-refractivity contribution in [3.8, 4) is 0 Å². The van der Waals surface area contributed by atoms with Crippen LogP contribution in [0.5, 0.6) is 0 Å². The van der Waals surface area contributed by atoms with Gasteiger partial charge in [0.1, 0.15) is 23.1 Å². The number of piperazine rings is 1. The maximum atomic E-state index is 14.2. The summed E-state index contributed by atoms with van der Waals surface area (Å²) in [5, 5.41) is 29.8. The van der Waals surface area contributed by atoms with Gasteiger partial charge in [-0.3, -0.25) is 29.7 Å². The number of nitrogens with zero attached hydrogens (tertiary/aromatic N) is 3. The standard InChI is InChI=1S/C40H52ClFN4O7/c1-23-19-31-29(24(2)21-45-15-17-46(18-16-45)22-27-10-12-28(42)13-11-27)14-9-25(3)40(31,50)36(35(23)51-26(4)47)52-37(48)33-20-39(49)30-7-6-8-32(41)34(30)44(5)53-38(39)43-33/h6-8,10-13,19,24-25,29,31,33,35-36,38,43,49-50H,9,14-18,20-22H2,1-5H3/t24?,25-,29+,31-,33+,35-,36+,38-,39-,40-/m1/s1. The van der Waals surface area contributed by atoms with Crippen molar-refractivity contribution in [2.75, 3.05) is 44.8 Å². The summed E-state index contributed by atoms with van der Waals surface area (Å²) in [6.45, 7) is 12.7. The van der Waals surface area contributed by atoms with Crippen molar-refractivity contribution in [1.29, 1.82) is 0 Å². The average molecular weight is 755 g/mol. The lowest BCUT2D eigenvalue weighted by Crippen LogP contribution is -2.66. The fourth-order valence-corrected chi connectivity index (χ4v) is 9.97. The van der Waals surface area contributed by atoms with E-state index in [9.17, 15) is 24.2 Å². The molecule has 0 aromatic heterocycles. The number of para-hydroxylation sites is 1. The zero-order valence-corrected chi connectivity index (χ0v) is 31.9. The quantitative estimate of drug-likeness (QED) is 0.263. The van der Waals surface area contributed by atoms with Gasteiger partial charge in [-0.1, -0.05) is 55.8 Å². The molecule has 288 valence electrons. The van der Waals surface area contributed by atoms with Crippen molar-refractivity contribution in [2.45, 2.75) is 89.2 Å². The van der Waals surface area contributed by atoms with Crippen LogP contribution in [0.2, 0.25) is 5.02 Å². The van der Waals surface area contributed by atoms with E-state index in [0.29, 0.717) is 22.7 Å². The predicted octanol–water partition coefficient (Wildman–Crippen LogP) is 4.39. The van der Waals surface area contributed by atoms with Crippen LogP contribution in [0, 0.1) is 29.5 Å². The second-order valence-corrected chi connectivity index (χ2v) is 16.4. The number of halogens is 2. The minimum absolute atomic E-state index is 0.0499. The number of hydrogen-bond donors (Lipinski definition) is 3. The van der Waals surface area contributed by atoms with Crippen LogP contribution in [-0.2, 0) is 36.0 Å². The van der Waals surface area contributed by atoms with Gasteiger partial charge in [0.25, 0.3) is 0 Å². The van der Waals surface area contributed by atoms with Gasteiger partial charge >= 0.3 is 11.9 Å². The zero-order chi connectivity index (χ0) is 37.8. The number of aliphatic hydroxyl groups is 2. The minimum Gasteiger partial charge on any atom is -0.454 e. The van der Waals surface area contributed by atoms with Crippen molar-refractivity contribution in [3.63, 3.8) is 0 Å². The summed E-state index contributed by atoms with van der Waals surface area (Å²) in [7, 11) is 1.69. The first-order valence-corrected chi connectivity index (χ1v) is 19.2. The van der Waals surface area contributed by atoms with Crippen LogP contribution < -0.4 is 10.4 Å². The van der Waals surface area contributed by atoms with Crippen molar-refractivity contribution in [1.82, 2.24) is 15.1 Å². The second-order valence-electron chi connectivity index (χ2n) is 16.0. The largest absolute Gasteiger partial charge is 0.454 e. The van der Waals surface area contributed by atoms with E-state index in [1.165, 1.54) is 24.1 Å². The first-order chi connectivity index (χ1) is 25.2. The van der Waals surface area contributed by atoms with Crippen molar-refractivity contribution < 1.29 is 38.5 Å². The fourth-order valence-electron chi connectivity index (χ4n) is 9.68. The third kappa shape index (κ3) is 7.12. The van der Waals surface area contributed by atoms with E-state index < -0.39 is 47.6 Å². The lowest BCUT2D eigenvalue weighted by molar-refractivity contribution is -0.225. The molecule has 0 radical (unpaired) electrons. The Balaban J connectivity index is 1.08. The summed E-state index contributed by atoms with van der Waals surface area (Å²) in [6, 6.07) is 10.9. The third-order valence-corrected chi connectivity index (χ3v) is 12.9. The van der Waals surface area contributed by atoms with E-state index in [1.54, 1.807) is 25.2 Å². The Morgan fingerprint density at radius 3 is 2.47 bits per heavy atom. The molecule has 0 bridgehead atoms. The molecule has 3 fully saturated rings. The molecule has 0 spiro atoms. The lowest BCUT2D eigenvalue weighted by atomic mass is 9.55. The second kappa shape index (κ2) is 14.9. The Morgan fingerprint density at radius 2 is 1.77 bits per heavy atom. The Hall–Kier alpha value is -3.10. The van der Waals surface area contributed by atoms with Gasteiger partial charge in [-0.15, -0.1) is 0 Å². The first-order valence-electron chi connectivity index (χ1n) is 18.8. The van der Waals surface area contributed by atoms with Crippen LogP contribution in [0.25, 0.3) is 0 Å². The number of fused-ring (bicyclic) bond motifs is 4. The molecule has 13 heteroatoms. The molecule has 5 aliphatic rings. The van der Waals surface area contributed by atoms with E-state index in [4.69, 9.17) is 25.9 Å². The van der Waals surface area contributed by atoms with Crippen molar-refractivity contribution in [3.05, 3.63) is 76.1 Å². The highest BCUT2D eigenvalue weighted by Crippen LogP contribution is 2.53. The molecule has 2 aromatic carbocycles. The van der Waals surface area contributed by atoms with Gasteiger partial charge in [-0.05, 0) is 66.9 Å². The zero-order valence-electron chi connectivity index (χ0n) is 31.1. The van der Waals surface area contributed by atoms with Gasteiger partial charge in [0.15, 0.2) is 18.4 Å². The number of rotatable bonds is 8. The normalized spacial score (nSPS) is 35.1. The van der Waals surface area contributed by atoms with E-state index in [2.05, 4.69) is 22.0 Å². The first kappa shape index (κ1) is 38.2. The Morgan fingerprint density at radius 1 is 1.08 bits per heavy atom. The van der Waals surface area contributed by atoms with Crippen LogP contribution in [-0.4, -0.2) is 102 Å². The maximum Gasteiger partial charge on any atom is 0.323 e. The van der Waals surface area contributed by atoms with Crippen LogP contribution in [0.1, 0.15) is 58.1 Å². The Bertz CT molecular complexity index is 1720. The molecule has 10 atom stereocenters. The lowest BCUT2D eigenvalue weighted by Gasteiger charge is -2.56. The molecule has 3 heterocycles. The Kier molecular flexibility index (Phi) is 10.7. The molecular formula is C40H52ClFN4O7. The maximum absolute atomic E-state index is 14.2. The number of ether oxygens (including phenoxy) is 2. The van der Waals surface area contributed by atoms with Crippen LogP contribution in [0.4, 0.5) is 10.1 Å². The highest BCUT2D eigenvalue weighted by Gasteiger charge is 2.62. The number of carbonyl (C=O) groups excluding carboxylic acids is 2. The number of hydrogen-bond acceptors (Lipinski definition) is 11. The van der Waals surface area contributed by atoms with E-state index >= 15 is 0 Å². The summed E-state index contributed by atoms with van der Waals surface area (Å²) >= 11 is 6.47. The molecule has 53 heavy (non-hydrogen) atoms. The topological polar surface area (TPSA) is 124 Å². The van der Waals surface area contributed by atoms with E-state index in [1.807, 2.05) is 32.1 Å². The molecule has 2 aliphatic carbocycles. The summed E-state index contributed by atoms with van der Waals surface area (Å²) in [4.78, 5) is 37.4. The van der Waals surface area contributed by atoms with Gasteiger partial charge in [-0.25, -0.2) is 4.39 Å². The number of hydroxylamine groups is 1. The SMILES string of the molecule is CC(=O)O[C@@H]1C(C)=C[C@@H]2[C@H](C(C)CN3CCN(Cc4ccc(F)cc4)CC3)CC[C@@H](C)[C@]2(O)[C@H]1OC(=O)[C@@H]1C[C@@]2(O)c3cccc(Cl)c3N(C)O[C@H]2N1. The Labute approximate surface area is 315 Å². The highest BCUT2D eigenvalue weighted by molar-refractivity contribution is 6.33. The summed E-state index contributed by atoms with van der Waals surface area (Å²) in [5.74, 6) is -1.76. The van der Waals surface area contributed by atoms with E-state index in [0.717, 1.165) is 56.8 Å². The third-order valence-electron chi connectivity index (χ3n) is 12.6. The van der Waals surface area contributed by atoms with Crippen molar-refractivity contribution in [2.24, 2.45) is 23.7 Å². The summed E-state index contributed by atoms with van der Waals surface area (Å²) in [5.41, 5.74) is -0.204. The van der Waals surface area contributed by atoms with Gasteiger partial charge in [0.2, 0.25) is 0 Å². The summed E-state index contributed by atoms with van der Waals surface area (Å²) < 4.78 is 25.5. The average Bonchev–Trinajstić information content (AvgIpc) is 3.46. The van der Waals surface area contributed by atoms with Crippen LogP contribution >= 0.6 is 11.6 Å². The molecule has 1 unspecified atom stereocenters. The van der Waals surface area contributed by atoms with Gasteiger partial charge in [0, 0.05) is 71.1 Å². The monoisotopic (exact) mass is 754 g/mol. The molecular weight excluding hydrogens is 703 g/mol. The number of benzene rings is 2. The number of anilines is 1. The van der Waals surface area contributed by atoms with Crippen LogP contribution in [0.15, 0.2) is 54.1 Å². The molecule has 2 saturated heterocycles.